The van der Waals surface area contributed by atoms with Crippen LogP contribution in [0.25, 0.3) is 0 Å². The summed E-state index contributed by atoms with van der Waals surface area (Å²) in [6.07, 6.45) is 1.44. The fourth-order valence-electron chi connectivity index (χ4n) is 1.75. The van der Waals surface area contributed by atoms with E-state index in [9.17, 15) is 12.8 Å². The molecular weight excluding hydrogens is 283 g/mol. The van der Waals surface area contributed by atoms with Gasteiger partial charge < -0.3 is 10.3 Å². The van der Waals surface area contributed by atoms with E-state index in [-0.39, 0.29) is 16.4 Å². The fraction of sp³-hybridized carbons (Fsp3) is 0.250. The van der Waals surface area contributed by atoms with E-state index in [2.05, 4.69) is 9.71 Å². The summed E-state index contributed by atoms with van der Waals surface area (Å²) >= 11 is 0. The Morgan fingerprint density at radius 1 is 1.45 bits per heavy atom. The minimum absolute atomic E-state index is 0.0141. The molecule has 6 nitrogen and oxygen atoms in total. The van der Waals surface area contributed by atoms with E-state index in [1.165, 1.54) is 12.3 Å². The molecule has 0 bridgehead atoms. The van der Waals surface area contributed by atoms with Crippen molar-refractivity contribution in [3.8, 4) is 0 Å². The summed E-state index contributed by atoms with van der Waals surface area (Å²) in [5, 5.41) is -0.0967. The van der Waals surface area contributed by atoms with Crippen LogP contribution in [0.3, 0.4) is 0 Å². The van der Waals surface area contributed by atoms with Crippen LogP contribution in [-0.4, -0.2) is 18.0 Å². The van der Waals surface area contributed by atoms with Crippen LogP contribution in [0.15, 0.2) is 29.4 Å². The van der Waals surface area contributed by atoms with E-state index < -0.39 is 15.8 Å². The number of rotatable bonds is 4. The largest absolute Gasteiger partial charge is 0.397 e. The number of nitrogens with two attached hydrogens (primary N) is 1. The van der Waals surface area contributed by atoms with Gasteiger partial charge in [0.25, 0.3) is 10.0 Å². The summed E-state index contributed by atoms with van der Waals surface area (Å²) in [6.45, 7) is 4.22. The number of halogens is 1. The number of aromatic nitrogens is 2. The predicted molar refractivity (Wildman–Crippen MR) is 74.3 cm³/mol. The average molecular weight is 298 g/mol. The third-order valence-corrected chi connectivity index (χ3v) is 4.06. The third-order valence-electron chi connectivity index (χ3n) is 2.83. The number of anilines is 2. The Balaban J connectivity index is 2.35. The Kier molecular flexibility index (Phi) is 3.67. The van der Waals surface area contributed by atoms with Gasteiger partial charge in [-0.25, -0.2) is 9.37 Å². The van der Waals surface area contributed by atoms with Gasteiger partial charge in [0.1, 0.15) is 11.6 Å². The van der Waals surface area contributed by atoms with Crippen LogP contribution in [0.4, 0.5) is 15.8 Å². The van der Waals surface area contributed by atoms with Crippen molar-refractivity contribution in [2.24, 2.45) is 0 Å². The second-order valence-electron chi connectivity index (χ2n) is 4.25. The van der Waals surface area contributed by atoms with Crippen LogP contribution < -0.4 is 10.5 Å². The number of hydrogen-bond acceptors (Lipinski definition) is 4. The lowest BCUT2D eigenvalue weighted by atomic mass is 10.3. The summed E-state index contributed by atoms with van der Waals surface area (Å²) in [7, 11) is -3.84. The number of nitrogens with zero attached hydrogens (tertiary/aromatic N) is 2. The first-order chi connectivity index (χ1) is 9.33. The summed E-state index contributed by atoms with van der Waals surface area (Å²) in [5.41, 5.74) is 5.71. The molecule has 1 aromatic heterocycles. The average Bonchev–Trinajstić information content (AvgIpc) is 2.75. The molecule has 1 heterocycles. The van der Waals surface area contributed by atoms with Gasteiger partial charge in [-0.1, -0.05) is 0 Å². The molecule has 0 saturated carbocycles. The fourth-order valence-corrected chi connectivity index (χ4v) is 2.85. The number of imidazole rings is 1. The Hall–Kier alpha value is -2.09. The quantitative estimate of drug-likeness (QED) is 0.841. The van der Waals surface area contributed by atoms with Crippen LogP contribution >= 0.6 is 0 Å². The highest BCUT2D eigenvalue weighted by Gasteiger charge is 2.20. The van der Waals surface area contributed by atoms with Gasteiger partial charge in [-0.05, 0) is 32.0 Å². The molecule has 0 spiro atoms. The lowest BCUT2D eigenvalue weighted by molar-refractivity contribution is 0.597. The molecule has 0 aliphatic heterocycles. The van der Waals surface area contributed by atoms with Crippen LogP contribution in [0.1, 0.15) is 12.7 Å². The van der Waals surface area contributed by atoms with Crippen molar-refractivity contribution >= 4 is 21.4 Å². The molecule has 0 aliphatic rings. The van der Waals surface area contributed by atoms with Gasteiger partial charge in [0.15, 0.2) is 5.03 Å². The van der Waals surface area contributed by atoms with Gasteiger partial charge >= 0.3 is 0 Å². The van der Waals surface area contributed by atoms with Gasteiger partial charge in [0.05, 0.1) is 11.4 Å². The predicted octanol–water partition coefficient (Wildman–Crippen LogP) is 1.73. The number of sulfonamides is 1. The molecule has 2 aromatic rings. The number of benzene rings is 1. The first-order valence-corrected chi connectivity index (χ1v) is 7.43. The highest BCUT2D eigenvalue weighted by molar-refractivity contribution is 7.92. The van der Waals surface area contributed by atoms with Gasteiger partial charge in [-0.2, -0.15) is 8.42 Å². The van der Waals surface area contributed by atoms with Gasteiger partial charge in [0.2, 0.25) is 0 Å². The maximum absolute atomic E-state index is 12.9. The number of hydrogen-bond donors (Lipinski definition) is 2. The van der Waals surface area contributed by atoms with Crippen molar-refractivity contribution in [2.75, 3.05) is 10.5 Å². The first kappa shape index (κ1) is 14.3. The monoisotopic (exact) mass is 298 g/mol. The first-order valence-electron chi connectivity index (χ1n) is 5.95. The second-order valence-corrected chi connectivity index (χ2v) is 5.88. The molecular formula is C12H15FN4O2S. The minimum Gasteiger partial charge on any atom is -0.397 e. The second kappa shape index (κ2) is 5.12. The van der Waals surface area contributed by atoms with E-state index in [0.29, 0.717) is 12.4 Å². The van der Waals surface area contributed by atoms with Crippen LogP contribution in [0.5, 0.6) is 0 Å². The zero-order valence-corrected chi connectivity index (χ0v) is 11.9. The third kappa shape index (κ3) is 2.74. The molecule has 2 rings (SSSR count). The smallest absolute Gasteiger partial charge is 0.281 e. The van der Waals surface area contributed by atoms with Crippen molar-refractivity contribution < 1.29 is 12.8 Å². The molecule has 0 unspecified atom stereocenters. The SMILES string of the molecule is CCn1cc(S(=O)(=O)Nc2ccc(F)cc2N)nc1C. The Labute approximate surface area is 116 Å². The summed E-state index contributed by atoms with van der Waals surface area (Å²) in [5.74, 6) is 0.0662. The van der Waals surface area contributed by atoms with E-state index in [0.717, 1.165) is 12.1 Å². The van der Waals surface area contributed by atoms with E-state index >= 15 is 0 Å². The minimum atomic E-state index is -3.84. The molecule has 0 atom stereocenters. The highest BCUT2D eigenvalue weighted by Crippen LogP contribution is 2.22. The van der Waals surface area contributed by atoms with E-state index in [1.54, 1.807) is 11.5 Å². The van der Waals surface area contributed by atoms with Crippen molar-refractivity contribution in [1.29, 1.82) is 0 Å². The molecule has 0 amide bonds. The van der Waals surface area contributed by atoms with Gasteiger partial charge in [-0.15, -0.1) is 0 Å². The highest BCUT2D eigenvalue weighted by atomic mass is 32.2. The number of nitrogens with one attached hydrogen (secondary N) is 1. The van der Waals surface area contributed by atoms with E-state index in [4.69, 9.17) is 5.73 Å². The van der Waals surface area contributed by atoms with Crippen molar-refractivity contribution in [3.63, 3.8) is 0 Å². The zero-order valence-electron chi connectivity index (χ0n) is 11.1. The molecule has 0 fully saturated rings. The standard InChI is InChI=1S/C12H15FN4O2S/c1-3-17-7-12(15-8(17)2)20(18,19)16-11-5-4-9(13)6-10(11)14/h4-7,16H,3,14H2,1-2H3. The normalized spacial score (nSPS) is 11.6. The molecule has 0 aliphatic carbocycles. The summed E-state index contributed by atoms with van der Waals surface area (Å²) in [6, 6.07) is 3.45. The molecule has 1 aromatic carbocycles. The molecule has 8 heteroatoms. The van der Waals surface area contributed by atoms with Crippen molar-refractivity contribution in [2.45, 2.75) is 25.4 Å². The molecule has 20 heavy (non-hydrogen) atoms. The number of nitrogen functional groups attached to an aromatic ring is 1. The van der Waals surface area contributed by atoms with Gasteiger partial charge in [0, 0.05) is 12.7 Å². The Bertz CT molecular complexity index is 740. The molecule has 3 N–H and O–H groups in total. The van der Waals surface area contributed by atoms with Crippen molar-refractivity contribution in [3.05, 3.63) is 36.0 Å². The lowest BCUT2D eigenvalue weighted by Crippen LogP contribution is -2.14. The van der Waals surface area contributed by atoms with E-state index in [1.807, 2.05) is 6.92 Å². The topological polar surface area (TPSA) is 90.0 Å². The maximum atomic E-state index is 12.9. The Morgan fingerprint density at radius 2 is 2.15 bits per heavy atom. The summed E-state index contributed by atoms with van der Waals surface area (Å²) in [4.78, 5) is 3.99. The molecule has 0 radical (unpaired) electrons. The molecule has 108 valence electrons. The molecule has 0 saturated heterocycles. The lowest BCUT2D eigenvalue weighted by Gasteiger charge is -2.08. The maximum Gasteiger partial charge on any atom is 0.281 e. The summed E-state index contributed by atoms with van der Waals surface area (Å²) < 4.78 is 41.3. The van der Waals surface area contributed by atoms with Crippen LogP contribution in [-0.2, 0) is 16.6 Å². The number of aryl methyl sites for hydroxylation is 2. The van der Waals surface area contributed by atoms with Crippen LogP contribution in [0.2, 0.25) is 0 Å². The van der Waals surface area contributed by atoms with Crippen LogP contribution in [0, 0.1) is 12.7 Å². The Morgan fingerprint density at radius 3 is 2.70 bits per heavy atom. The van der Waals surface area contributed by atoms with Crippen molar-refractivity contribution in [1.82, 2.24) is 9.55 Å². The zero-order chi connectivity index (χ0) is 14.9. The van der Waals surface area contributed by atoms with Gasteiger partial charge in [-0.3, -0.25) is 4.72 Å².